The lowest BCUT2D eigenvalue weighted by Gasteiger charge is -2.31. The first-order chi connectivity index (χ1) is 11.5. The highest BCUT2D eigenvalue weighted by atomic mass is 127. The quantitative estimate of drug-likeness (QED) is 0.446. The van der Waals surface area contributed by atoms with Crippen LogP contribution in [0.2, 0.25) is 0 Å². The van der Waals surface area contributed by atoms with Gasteiger partial charge in [0.25, 0.3) is 11.8 Å². The number of ether oxygens (including phenoxy) is 1. The normalized spacial score (nSPS) is 20.7. The zero-order valence-corrected chi connectivity index (χ0v) is 15.3. The van der Waals surface area contributed by atoms with Gasteiger partial charge in [0.15, 0.2) is 0 Å². The Hall–Kier alpha value is -1.90. The number of imide groups is 2. The van der Waals surface area contributed by atoms with Crippen LogP contribution in [-0.2, 0) is 9.59 Å². The maximum Gasteiger partial charge on any atom is 0.331 e. The SMILES string of the molecule is COc1ccc(/C=C2\C(=O)NC(=O)N(C3CCCC3)C2=O)cc1I. The Morgan fingerprint density at radius 2 is 1.96 bits per heavy atom. The molecule has 0 bridgehead atoms. The number of benzene rings is 1. The number of amides is 4. The molecular formula is C17H17IN2O4. The van der Waals surface area contributed by atoms with Gasteiger partial charge in [0, 0.05) is 6.04 Å². The molecule has 126 valence electrons. The largest absolute Gasteiger partial charge is 0.496 e. The van der Waals surface area contributed by atoms with E-state index in [0.717, 1.165) is 35.0 Å². The van der Waals surface area contributed by atoms with Crippen molar-refractivity contribution in [2.45, 2.75) is 31.7 Å². The summed E-state index contributed by atoms with van der Waals surface area (Å²) in [7, 11) is 1.58. The number of nitrogens with one attached hydrogen (secondary N) is 1. The number of rotatable bonds is 3. The van der Waals surface area contributed by atoms with Crippen LogP contribution < -0.4 is 10.1 Å². The molecule has 24 heavy (non-hydrogen) atoms. The monoisotopic (exact) mass is 440 g/mol. The summed E-state index contributed by atoms with van der Waals surface area (Å²) in [5.41, 5.74) is 0.696. The summed E-state index contributed by atoms with van der Waals surface area (Å²) in [4.78, 5) is 38.1. The lowest BCUT2D eigenvalue weighted by molar-refractivity contribution is -0.131. The number of hydrogen-bond donors (Lipinski definition) is 1. The van der Waals surface area contributed by atoms with Crippen LogP contribution in [0.3, 0.4) is 0 Å². The van der Waals surface area contributed by atoms with Gasteiger partial charge in [-0.1, -0.05) is 18.9 Å². The van der Waals surface area contributed by atoms with Crippen molar-refractivity contribution in [1.29, 1.82) is 0 Å². The Kier molecular flexibility index (Phi) is 4.88. The minimum atomic E-state index is -0.648. The van der Waals surface area contributed by atoms with Crippen molar-refractivity contribution in [1.82, 2.24) is 10.2 Å². The first-order valence-electron chi connectivity index (χ1n) is 7.75. The molecular weight excluding hydrogens is 423 g/mol. The molecule has 1 heterocycles. The summed E-state index contributed by atoms with van der Waals surface area (Å²) >= 11 is 2.12. The second kappa shape index (κ2) is 6.92. The Bertz CT molecular complexity index is 738. The molecule has 1 aromatic rings. The lowest BCUT2D eigenvalue weighted by atomic mass is 10.1. The van der Waals surface area contributed by atoms with Crippen molar-refractivity contribution in [3.8, 4) is 5.75 Å². The number of urea groups is 1. The molecule has 2 fully saturated rings. The first kappa shape index (κ1) is 16.9. The average molecular weight is 440 g/mol. The number of halogens is 1. The van der Waals surface area contributed by atoms with Gasteiger partial charge in [0.1, 0.15) is 11.3 Å². The molecule has 2 aliphatic rings. The Morgan fingerprint density at radius 3 is 2.58 bits per heavy atom. The zero-order chi connectivity index (χ0) is 17.3. The van der Waals surface area contributed by atoms with E-state index in [9.17, 15) is 14.4 Å². The average Bonchev–Trinajstić information content (AvgIpc) is 3.05. The van der Waals surface area contributed by atoms with Crippen molar-refractivity contribution >= 4 is 46.5 Å². The van der Waals surface area contributed by atoms with Crippen LogP contribution in [0, 0.1) is 3.57 Å². The van der Waals surface area contributed by atoms with Crippen LogP contribution in [0.15, 0.2) is 23.8 Å². The van der Waals surface area contributed by atoms with Gasteiger partial charge in [-0.2, -0.15) is 0 Å². The molecule has 1 N–H and O–H groups in total. The van der Waals surface area contributed by atoms with Crippen LogP contribution in [0.1, 0.15) is 31.2 Å². The van der Waals surface area contributed by atoms with E-state index in [1.54, 1.807) is 19.2 Å². The van der Waals surface area contributed by atoms with Crippen LogP contribution in [-0.4, -0.2) is 35.9 Å². The molecule has 1 saturated heterocycles. The molecule has 0 aromatic heterocycles. The molecule has 0 atom stereocenters. The molecule has 1 aromatic carbocycles. The van der Waals surface area contributed by atoms with E-state index in [0.29, 0.717) is 5.56 Å². The van der Waals surface area contributed by atoms with Crippen molar-refractivity contribution in [2.24, 2.45) is 0 Å². The van der Waals surface area contributed by atoms with Crippen LogP contribution in [0.5, 0.6) is 5.75 Å². The molecule has 1 aliphatic heterocycles. The number of nitrogens with zero attached hydrogens (tertiary/aromatic N) is 1. The highest BCUT2D eigenvalue weighted by Gasteiger charge is 2.40. The smallest absolute Gasteiger partial charge is 0.331 e. The topological polar surface area (TPSA) is 75.7 Å². The minimum Gasteiger partial charge on any atom is -0.496 e. The Labute approximate surface area is 153 Å². The van der Waals surface area contributed by atoms with Crippen molar-refractivity contribution in [3.05, 3.63) is 32.9 Å². The van der Waals surface area contributed by atoms with Gasteiger partial charge in [-0.15, -0.1) is 0 Å². The van der Waals surface area contributed by atoms with Crippen molar-refractivity contribution in [2.75, 3.05) is 7.11 Å². The summed E-state index contributed by atoms with van der Waals surface area (Å²) in [5, 5.41) is 2.28. The molecule has 0 unspecified atom stereocenters. The van der Waals surface area contributed by atoms with E-state index < -0.39 is 17.8 Å². The molecule has 3 rings (SSSR count). The molecule has 0 radical (unpaired) electrons. The Morgan fingerprint density at radius 1 is 1.25 bits per heavy atom. The molecule has 4 amide bonds. The highest BCUT2D eigenvalue weighted by molar-refractivity contribution is 14.1. The number of hydrogen-bond acceptors (Lipinski definition) is 4. The van der Waals surface area contributed by atoms with Gasteiger partial charge < -0.3 is 4.74 Å². The fourth-order valence-electron chi connectivity index (χ4n) is 3.10. The summed E-state index contributed by atoms with van der Waals surface area (Å²) in [6, 6.07) is 4.64. The van der Waals surface area contributed by atoms with Gasteiger partial charge in [-0.3, -0.25) is 19.8 Å². The molecule has 0 spiro atoms. The second-order valence-corrected chi connectivity index (χ2v) is 6.99. The van der Waals surface area contributed by atoms with Gasteiger partial charge in [-0.05, 0) is 59.2 Å². The van der Waals surface area contributed by atoms with Crippen LogP contribution in [0.25, 0.3) is 6.08 Å². The summed E-state index contributed by atoms with van der Waals surface area (Å²) in [6.07, 6.45) is 5.09. The fraction of sp³-hybridized carbons (Fsp3) is 0.353. The third-order valence-electron chi connectivity index (χ3n) is 4.31. The van der Waals surface area contributed by atoms with Crippen molar-refractivity contribution in [3.63, 3.8) is 0 Å². The van der Waals surface area contributed by atoms with Gasteiger partial charge in [-0.25, -0.2) is 4.79 Å². The van der Waals surface area contributed by atoms with E-state index in [-0.39, 0.29) is 11.6 Å². The maximum atomic E-state index is 12.7. The molecule has 7 heteroatoms. The zero-order valence-electron chi connectivity index (χ0n) is 13.2. The van der Waals surface area contributed by atoms with Crippen LogP contribution in [0.4, 0.5) is 4.79 Å². The van der Waals surface area contributed by atoms with E-state index >= 15 is 0 Å². The number of barbiturate groups is 1. The van der Waals surface area contributed by atoms with E-state index in [4.69, 9.17) is 4.74 Å². The van der Waals surface area contributed by atoms with Gasteiger partial charge in [0.05, 0.1) is 10.7 Å². The maximum absolute atomic E-state index is 12.7. The first-order valence-corrected chi connectivity index (χ1v) is 8.83. The minimum absolute atomic E-state index is 0.0116. The fourth-order valence-corrected chi connectivity index (χ4v) is 3.86. The molecule has 1 saturated carbocycles. The Balaban J connectivity index is 1.93. The summed E-state index contributed by atoms with van der Waals surface area (Å²) < 4.78 is 6.08. The second-order valence-electron chi connectivity index (χ2n) is 5.82. The van der Waals surface area contributed by atoms with Crippen molar-refractivity contribution < 1.29 is 19.1 Å². The summed E-state index contributed by atoms with van der Waals surface area (Å²) in [6.45, 7) is 0. The van der Waals surface area contributed by atoms with E-state index in [1.165, 1.54) is 11.0 Å². The molecule has 6 nitrogen and oxygen atoms in total. The predicted octanol–water partition coefficient (Wildman–Crippen LogP) is 2.70. The third-order valence-corrected chi connectivity index (χ3v) is 5.15. The van der Waals surface area contributed by atoms with Gasteiger partial charge in [0.2, 0.25) is 0 Å². The van der Waals surface area contributed by atoms with Crippen LogP contribution >= 0.6 is 22.6 Å². The van der Waals surface area contributed by atoms with Gasteiger partial charge >= 0.3 is 6.03 Å². The summed E-state index contributed by atoms with van der Waals surface area (Å²) in [5.74, 6) is -0.438. The molecule has 1 aliphatic carbocycles. The third kappa shape index (κ3) is 3.17. The lowest BCUT2D eigenvalue weighted by Crippen LogP contribution is -2.57. The van der Waals surface area contributed by atoms with E-state index in [1.807, 2.05) is 6.07 Å². The van der Waals surface area contributed by atoms with E-state index in [2.05, 4.69) is 27.9 Å². The number of carbonyl (C=O) groups excluding carboxylic acids is 3. The number of methoxy groups -OCH3 is 1. The number of carbonyl (C=O) groups is 3. The predicted molar refractivity (Wildman–Crippen MR) is 96.3 cm³/mol. The standard InChI is InChI=1S/C17H17IN2O4/c1-24-14-7-6-10(9-13(14)18)8-12-15(21)19-17(23)20(16(12)22)11-4-2-3-5-11/h6-9,11H,2-5H2,1H3,(H,19,21,23)/b12-8+. The highest BCUT2D eigenvalue weighted by Crippen LogP contribution is 2.28.